The third-order valence-corrected chi connectivity index (χ3v) is 3.53. The standard InChI is InChI=1S/C15H15NO2S/c17-15-12-5-1-3-11-4-2-6-13(14(11)12)16(15)7-8-18-9-10-19/h1-6,19H,7-10H2. The van der Waals surface area contributed by atoms with Crippen LogP contribution in [-0.2, 0) is 4.74 Å². The second-order valence-electron chi connectivity index (χ2n) is 4.47. The number of ether oxygens (including phenoxy) is 1. The molecule has 0 bridgehead atoms. The van der Waals surface area contributed by atoms with Crippen LogP contribution in [0.15, 0.2) is 36.4 Å². The van der Waals surface area contributed by atoms with Crippen molar-refractivity contribution in [3.05, 3.63) is 42.0 Å². The maximum Gasteiger partial charge on any atom is 0.259 e. The Hall–Kier alpha value is -1.52. The van der Waals surface area contributed by atoms with E-state index < -0.39 is 0 Å². The Balaban J connectivity index is 1.90. The van der Waals surface area contributed by atoms with E-state index in [2.05, 4.69) is 12.6 Å². The van der Waals surface area contributed by atoms with E-state index in [9.17, 15) is 4.79 Å². The number of carbonyl (C=O) groups is 1. The fourth-order valence-electron chi connectivity index (χ4n) is 2.52. The monoisotopic (exact) mass is 273 g/mol. The van der Waals surface area contributed by atoms with E-state index >= 15 is 0 Å². The maximum absolute atomic E-state index is 12.4. The second-order valence-corrected chi connectivity index (χ2v) is 4.92. The predicted octanol–water partition coefficient (Wildman–Crippen LogP) is 2.75. The molecule has 3 rings (SSSR count). The molecule has 0 spiro atoms. The van der Waals surface area contributed by atoms with Crippen molar-refractivity contribution in [3.8, 4) is 0 Å². The van der Waals surface area contributed by atoms with Gasteiger partial charge < -0.3 is 9.64 Å². The molecule has 0 atom stereocenters. The highest BCUT2D eigenvalue weighted by atomic mass is 32.1. The van der Waals surface area contributed by atoms with Gasteiger partial charge in [-0.3, -0.25) is 4.79 Å². The third-order valence-electron chi connectivity index (χ3n) is 3.34. The van der Waals surface area contributed by atoms with Gasteiger partial charge in [-0.05, 0) is 17.5 Å². The van der Waals surface area contributed by atoms with Gasteiger partial charge in [-0.15, -0.1) is 0 Å². The number of amides is 1. The normalized spacial score (nSPS) is 13.5. The summed E-state index contributed by atoms with van der Waals surface area (Å²) in [6, 6.07) is 11.9. The number of carbonyl (C=O) groups excluding carboxylic acids is 1. The summed E-state index contributed by atoms with van der Waals surface area (Å²) < 4.78 is 5.42. The van der Waals surface area contributed by atoms with E-state index in [0.29, 0.717) is 25.5 Å². The smallest absolute Gasteiger partial charge is 0.259 e. The van der Waals surface area contributed by atoms with Gasteiger partial charge >= 0.3 is 0 Å². The van der Waals surface area contributed by atoms with Crippen molar-refractivity contribution in [2.24, 2.45) is 0 Å². The van der Waals surface area contributed by atoms with Gasteiger partial charge in [0, 0.05) is 23.2 Å². The van der Waals surface area contributed by atoms with Gasteiger partial charge in [0.1, 0.15) is 0 Å². The van der Waals surface area contributed by atoms with Crippen molar-refractivity contribution >= 4 is 35.0 Å². The van der Waals surface area contributed by atoms with Crippen molar-refractivity contribution in [1.82, 2.24) is 0 Å². The van der Waals surface area contributed by atoms with Gasteiger partial charge in [0.15, 0.2) is 0 Å². The summed E-state index contributed by atoms with van der Waals surface area (Å²) in [5, 5.41) is 2.17. The van der Waals surface area contributed by atoms with Crippen LogP contribution in [0.4, 0.5) is 5.69 Å². The second kappa shape index (κ2) is 5.23. The Kier molecular flexibility index (Phi) is 3.44. The predicted molar refractivity (Wildman–Crippen MR) is 80.3 cm³/mol. The molecule has 0 fully saturated rings. The number of benzene rings is 2. The van der Waals surface area contributed by atoms with Gasteiger partial charge in [-0.25, -0.2) is 0 Å². The van der Waals surface area contributed by atoms with Crippen molar-refractivity contribution < 1.29 is 9.53 Å². The fourth-order valence-corrected chi connectivity index (χ4v) is 2.65. The highest BCUT2D eigenvalue weighted by molar-refractivity contribution is 7.80. The summed E-state index contributed by atoms with van der Waals surface area (Å²) in [6.45, 7) is 1.74. The lowest BCUT2D eigenvalue weighted by atomic mass is 10.1. The zero-order chi connectivity index (χ0) is 13.2. The molecule has 3 nitrogen and oxygen atoms in total. The molecule has 1 aliphatic rings. The Morgan fingerprint density at radius 1 is 1.11 bits per heavy atom. The molecule has 1 aliphatic heterocycles. The minimum Gasteiger partial charge on any atom is -0.379 e. The molecular formula is C15H15NO2S. The summed E-state index contributed by atoms with van der Waals surface area (Å²) in [5.74, 6) is 0.769. The van der Waals surface area contributed by atoms with E-state index in [1.165, 1.54) is 0 Å². The number of hydrogen-bond donors (Lipinski definition) is 1. The van der Waals surface area contributed by atoms with Crippen LogP contribution in [0.25, 0.3) is 10.8 Å². The summed E-state index contributed by atoms with van der Waals surface area (Å²) in [7, 11) is 0. The van der Waals surface area contributed by atoms with Gasteiger partial charge in [-0.1, -0.05) is 24.3 Å². The van der Waals surface area contributed by atoms with Gasteiger partial charge in [0.25, 0.3) is 5.91 Å². The molecule has 0 aromatic heterocycles. The summed E-state index contributed by atoms with van der Waals surface area (Å²) in [5.41, 5.74) is 1.79. The molecule has 19 heavy (non-hydrogen) atoms. The molecular weight excluding hydrogens is 258 g/mol. The van der Waals surface area contributed by atoms with Gasteiger partial charge in [0.2, 0.25) is 0 Å². The van der Waals surface area contributed by atoms with Gasteiger partial charge in [-0.2, -0.15) is 12.6 Å². The first-order valence-corrected chi connectivity index (χ1v) is 6.98. The molecule has 0 unspecified atom stereocenters. The van der Waals surface area contributed by atoms with Crippen LogP contribution < -0.4 is 4.90 Å². The van der Waals surface area contributed by atoms with Crippen LogP contribution in [0, 0.1) is 0 Å². The first kappa shape index (κ1) is 12.5. The average molecular weight is 273 g/mol. The average Bonchev–Trinajstić information content (AvgIpc) is 2.71. The molecule has 0 saturated heterocycles. The number of hydrogen-bond acceptors (Lipinski definition) is 3. The number of anilines is 1. The molecule has 2 aromatic carbocycles. The number of rotatable bonds is 5. The molecule has 1 heterocycles. The Bertz CT molecular complexity index is 621. The lowest BCUT2D eigenvalue weighted by Gasteiger charge is -2.17. The summed E-state index contributed by atoms with van der Waals surface area (Å²) >= 11 is 4.09. The largest absolute Gasteiger partial charge is 0.379 e. The van der Waals surface area contributed by atoms with Crippen molar-refractivity contribution in [2.45, 2.75) is 0 Å². The van der Waals surface area contributed by atoms with Crippen LogP contribution in [0.2, 0.25) is 0 Å². The molecule has 1 amide bonds. The molecule has 98 valence electrons. The van der Waals surface area contributed by atoms with Crippen LogP contribution in [-0.4, -0.2) is 31.4 Å². The molecule has 2 aromatic rings. The van der Waals surface area contributed by atoms with E-state index in [0.717, 1.165) is 22.0 Å². The minimum atomic E-state index is 0.0706. The molecule has 0 N–H and O–H groups in total. The fraction of sp³-hybridized carbons (Fsp3) is 0.267. The zero-order valence-corrected chi connectivity index (χ0v) is 11.4. The Morgan fingerprint density at radius 3 is 2.68 bits per heavy atom. The Labute approximate surface area is 117 Å². The van der Waals surface area contributed by atoms with Crippen LogP contribution in [0.3, 0.4) is 0 Å². The SMILES string of the molecule is O=C1c2cccc3cccc(c23)N1CCOCCS. The topological polar surface area (TPSA) is 29.5 Å². The molecule has 0 radical (unpaired) electrons. The Morgan fingerprint density at radius 2 is 1.89 bits per heavy atom. The molecule has 0 saturated carbocycles. The number of thiol groups is 1. The van der Waals surface area contributed by atoms with Crippen LogP contribution in [0.5, 0.6) is 0 Å². The van der Waals surface area contributed by atoms with Crippen LogP contribution >= 0.6 is 12.6 Å². The van der Waals surface area contributed by atoms with E-state index in [-0.39, 0.29) is 5.91 Å². The van der Waals surface area contributed by atoms with E-state index in [4.69, 9.17) is 4.74 Å². The lowest BCUT2D eigenvalue weighted by molar-refractivity contribution is 0.0973. The lowest BCUT2D eigenvalue weighted by Crippen LogP contribution is -2.30. The quantitative estimate of drug-likeness (QED) is 0.670. The third kappa shape index (κ3) is 2.11. The van der Waals surface area contributed by atoms with E-state index in [1.54, 1.807) is 4.90 Å². The van der Waals surface area contributed by atoms with Crippen molar-refractivity contribution in [3.63, 3.8) is 0 Å². The first-order chi connectivity index (χ1) is 9.33. The van der Waals surface area contributed by atoms with Crippen LogP contribution in [0.1, 0.15) is 10.4 Å². The highest BCUT2D eigenvalue weighted by Gasteiger charge is 2.28. The molecule has 0 aliphatic carbocycles. The molecule has 4 heteroatoms. The summed E-state index contributed by atoms with van der Waals surface area (Å²) in [6.07, 6.45) is 0. The van der Waals surface area contributed by atoms with Gasteiger partial charge in [0.05, 0.1) is 18.9 Å². The first-order valence-electron chi connectivity index (χ1n) is 6.35. The van der Waals surface area contributed by atoms with Crippen molar-refractivity contribution in [1.29, 1.82) is 0 Å². The minimum absolute atomic E-state index is 0.0706. The maximum atomic E-state index is 12.4. The zero-order valence-electron chi connectivity index (χ0n) is 10.5. The van der Waals surface area contributed by atoms with E-state index in [1.807, 2.05) is 36.4 Å². The summed E-state index contributed by atoms with van der Waals surface area (Å²) in [4.78, 5) is 14.2. The highest BCUT2D eigenvalue weighted by Crippen LogP contribution is 2.36. The van der Waals surface area contributed by atoms with Crippen molar-refractivity contribution in [2.75, 3.05) is 30.4 Å². The number of nitrogens with zero attached hydrogens (tertiary/aromatic N) is 1.